The van der Waals surface area contributed by atoms with Gasteiger partial charge in [-0.1, -0.05) is 25.6 Å². The fourth-order valence-electron chi connectivity index (χ4n) is 2.12. The van der Waals surface area contributed by atoms with E-state index in [1.54, 1.807) is 18.0 Å². The fourth-order valence-corrected chi connectivity index (χ4v) is 2.99. The Labute approximate surface area is 125 Å². The van der Waals surface area contributed by atoms with Gasteiger partial charge in [-0.05, 0) is 32.2 Å². The molecule has 0 aliphatic carbocycles. The maximum atomic E-state index is 11.5. The van der Waals surface area contributed by atoms with Crippen LogP contribution in [0.25, 0.3) is 0 Å². The second-order valence-electron chi connectivity index (χ2n) is 4.94. The molecule has 0 aliphatic heterocycles. The van der Waals surface area contributed by atoms with Gasteiger partial charge >= 0.3 is 5.97 Å². The van der Waals surface area contributed by atoms with Crippen LogP contribution in [0.2, 0.25) is 0 Å². The van der Waals surface area contributed by atoms with Crippen molar-refractivity contribution in [3.8, 4) is 0 Å². The van der Waals surface area contributed by atoms with E-state index in [1.165, 1.54) is 0 Å². The van der Waals surface area contributed by atoms with E-state index in [0.29, 0.717) is 12.8 Å². The Kier molecular flexibility index (Phi) is 7.09. The molecule has 1 rings (SSSR count). The number of aromatic nitrogens is 2. The smallest absolute Gasteiger partial charge is 0.323 e. The first-order chi connectivity index (χ1) is 9.55. The molecule has 1 aromatic rings. The van der Waals surface area contributed by atoms with Crippen molar-refractivity contribution in [2.75, 3.05) is 12.3 Å². The number of aliphatic carboxylic acids is 1. The summed E-state index contributed by atoms with van der Waals surface area (Å²) in [6.07, 6.45) is 6.74. The SMILES string of the molecule is CCCNC(CC)(CCCSc1nccn1C)C(=O)O. The number of nitrogens with one attached hydrogen (secondary N) is 1. The lowest BCUT2D eigenvalue weighted by Crippen LogP contribution is -2.52. The van der Waals surface area contributed by atoms with Gasteiger partial charge in [0.15, 0.2) is 5.16 Å². The minimum atomic E-state index is -0.780. The molecule has 1 aromatic heterocycles. The van der Waals surface area contributed by atoms with Crippen LogP contribution in [0.1, 0.15) is 39.5 Å². The Hall–Kier alpha value is -1.01. The summed E-state index contributed by atoms with van der Waals surface area (Å²) < 4.78 is 1.98. The zero-order valence-corrected chi connectivity index (χ0v) is 13.4. The maximum absolute atomic E-state index is 11.5. The molecule has 6 heteroatoms. The molecule has 0 amide bonds. The Morgan fingerprint density at radius 2 is 2.30 bits per heavy atom. The normalized spacial score (nSPS) is 14.2. The zero-order chi connectivity index (χ0) is 15.0. The van der Waals surface area contributed by atoms with Crippen LogP contribution in [0.4, 0.5) is 0 Å². The van der Waals surface area contributed by atoms with Crippen LogP contribution in [0.3, 0.4) is 0 Å². The van der Waals surface area contributed by atoms with Gasteiger partial charge in [-0.25, -0.2) is 4.98 Å². The van der Waals surface area contributed by atoms with Crippen LogP contribution in [0, 0.1) is 0 Å². The van der Waals surface area contributed by atoms with Crippen LogP contribution in [0.5, 0.6) is 0 Å². The number of nitrogens with zero attached hydrogens (tertiary/aromatic N) is 2. The van der Waals surface area contributed by atoms with Gasteiger partial charge < -0.3 is 15.0 Å². The Morgan fingerprint density at radius 1 is 1.55 bits per heavy atom. The monoisotopic (exact) mass is 299 g/mol. The quantitative estimate of drug-likeness (QED) is 0.513. The summed E-state index contributed by atoms with van der Waals surface area (Å²) in [5.41, 5.74) is -0.780. The molecule has 0 saturated heterocycles. The number of thioether (sulfide) groups is 1. The lowest BCUT2D eigenvalue weighted by molar-refractivity contribution is -0.145. The summed E-state index contributed by atoms with van der Waals surface area (Å²) >= 11 is 1.67. The summed E-state index contributed by atoms with van der Waals surface area (Å²) in [5.74, 6) is 0.142. The molecule has 2 N–H and O–H groups in total. The van der Waals surface area contributed by atoms with Gasteiger partial charge in [0.2, 0.25) is 0 Å². The lowest BCUT2D eigenvalue weighted by atomic mass is 9.90. The molecule has 1 atom stereocenters. The summed E-state index contributed by atoms with van der Waals surface area (Å²) in [6.45, 7) is 4.72. The molecule has 114 valence electrons. The minimum Gasteiger partial charge on any atom is -0.480 e. The van der Waals surface area contributed by atoms with Gasteiger partial charge in [-0.15, -0.1) is 0 Å². The van der Waals surface area contributed by atoms with Crippen LogP contribution < -0.4 is 5.32 Å². The number of carboxylic acid groups (broad SMARTS) is 1. The molecule has 0 fully saturated rings. The summed E-state index contributed by atoms with van der Waals surface area (Å²) in [5, 5.41) is 13.7. The Morgan fingerprint density at radius 3 is 2.80 bits per heavy atom. The van der Waals surface area contributed by atoms with Gasteiger partial charge in [0.05, 0.1) is 0 Å². The molecule has 1 unspecified atom stereocenters. The molecule has 0 aliphatic rings. The molecule has 0 radical (unpaired) electrons. The van der Waals surface area contributed by atoms with Crippen LogP contribution in [0.15, 0.2) is 17.6 Å². The van der Waals surface area contributed by atoms with Crippen molar-refractivity contribution in [1.82, 2.24) is 14.9 Å². The number of imidazole rings is 1. The molecule has 5 nitrogen and oxygen atoms in total. The number of carboxylic acids is 1. The molecule has 0 aromatic carbocycles. The largest absolute Gasteiger partial charge is 0.480 e. The van der Waals surface area contributed by atoms with E-state index in [-0.39, 0.29) is 0 Å². The zero-order valence-electron chi connectivity index (χ0n) is 12.6. The number of hydrogen-bond donors (Lipinski definition) is 2. The van der Waals surface area contributed by atoms with E-state index in [4.69, 9.17) is 0 Å². The molecular weight excluding hydrogens is 274 g/mol. The first-order valence-corrected chi connectivity index (χ1v) is 8.13. The summed E-state index contributed by atoms with van der Waals surface area (Å²) in [4.78, 5) is 15.8. The van der Waals surface area contributed by atoms with Gasteiger partial charge in [-0.3, -0.25) is 4.79 Å². The molecule has 20 heavy (non-hydrogen) atoms. The van der Waals surface area contributed by atoms with Crippen molar-refractivity contribution >= 4 is 17.7 Å². The van der Waals surface area contributed by atoms with Crippen molar-refractivity contribution in [1.29, 1.82) is 0 Å². The first kappa shape index (κ1) is 17.0. The van der Waals surface area contributed by atoms with E-state index < -0.39 is 11.5 Å². The van der Waals surface area contributed by atoms with Gasteiger partial charge in [-0.2, -0.15) is 0 Å². The fraction of sp³-hybridized carbons (Fsp3) is 0.714. The number of hydrogen-bond acceptors (Lipinski definition) is 4. The molecule has 1 heterocycles. The average Bonchev–Trinajstić information content (AvgIpc) is 2.83. The highest BCUT2D eigenvalue weighted by Gasteiger charge is 2.35. The summed E-state index contributed by atoms with van der Waals surface area (Å²) in [7, 11) is 1.96. The van der Waals surface area contributed by atoms with Crippen LogP contribution in [-0.4, -0.2) is 38.5 Å². The Balaban J connectivity index is 2.46. The topological polar surface area (TPSA) is 67.2 Å². The van der Waals surface area contributed by atoms with Crippen LogP contribution in [-0.2, 0) is 11.8 Å². The highest BCUT2D eigenvalue weighted by molar-refractivity contribution is 7.99. The van der Waals surface area contributed by atoms with E-state index in [1.807, 2.05) is 31.7 Å². The summed E-state index contributed by atoms with van der Waals surface area (Å²) in [6, 6.07) is 0. The van der Waals surface area contributed by atoms with Crippen molar-refractivity contribution in [2.24, 2.45) is 7.05 Å². The second-order valence-corrected chi connectivity index (χ2v) is 6.00. The van der Waals surface area contributed by atoms with E-state index in [2.05, 4.69) is 10.3 Å². The highest BCUT2D eigenvalue weighted by Crippen LogP contribution is 2.22. The third-order valence-electron chi connectivity index (χ3n) is 3.48. The van der Waals surface area contributed by atoms with Crippen molar-refractivity contribution < 1.29 is 9.90 Å². The molecule has 0 spiro atoms. The van der Waals surface area contributed by atoms with Gasteiger partial charge in [0.25, 0.3) is 0 Å². The van der Waals surface area contributed by atoms with Crippen molar-refractivity contribution in [3.05, 3.63) is 12.4 Å². The minimum absolute atomic E-state index is 0.607. The number of rotatable bonds is 10. The maximum Gasteiger partial charge on any atom is 0.323 e. The standard InChI is InChI=1S/C14H25N3O2S/c1-4-8-16-14(5-2,12(18)19)7-6-11-20-13-15-9-10-17(13)3/h9-10,16H,4-8,11H2,1-3H3,(H,18,19). The third kappa shape index (κ3) is 4.52. The first-order valence-electron chi connectivity index (χ1n) is 7.14. The van der Waals surface area contributed by atoms with E-state index in [0.717, 1.165) is 30.3 Å². The van der Waals surface area contributed by atoms with Crippen LogP contribution >= 0.6 is 11.8 Å². The molecule has 0 bridgehead atoms. The predicted octanol–water partition coefficient (Wildman–Crippen LogP) is 2.53. The Bertz CT molecular complexity index is 422. The predicted molar refractivity (Wildman–Crippen MR) is 82.1 cm³/mol. The van der Waals surface area contributed by atoms with Gasteiger partial charge in [0, 0.05) is 25.2 Å². The third-order valence-corrected chi connectivity index (χ3v) is 4.63. The van der Waals surface area contributed by atoms with E-state index in [9.17, 15) is 9.90 Å². The van der Waals surface area contributed by atoms with Crippen molar-refractivity contribution in [3.63, 3.8) is 0 Å². The van der Waals surface area contributed by atoms with Gasteiger partial charge in [0.1, 0.15) is 5.54 Å². The highest BCUT2D eigenvalue weighted by atomic mass is 32.2. The second kappa shape index (κ2) is 8.32. The molecule has 0 saturated carbocycles. The lowest BCUT2D eigenvalue weighted by Gasteiger charge is -2.29. The average molecular weight is 299 g/mol. The molecular formula is C14H25N3O2S. The number of carbonyl (C=O) groups is 1. The van der Waals surface area contributed by atoms with Crippen molar-refractivity contribution in [2.45, 2.75) is 50.2 Å². The number of aryl methyl sites for hydroxylation is 1. The van der Waals surface area contributed by atoms with E-state index >= 15 is 0 Å².